The van der Waals surface area contributed by atoms with Crippen molar-refractivity contribution in [3.63, 3.8) is 0 Å². The van der Waals surface area contributed by atoms with Gasteiger partial charge >= 0.3 is 11.9 Å². The molecule has 5 nitrogen and oxygen atoms in total. The molecule has 1 aliphatic heterocycles. The number of benzene rings is 1. The van der Waals surface area contributed by atoms with Gasteiger partial charge in [-0.05, 0) is 85.8 Å². The molecule has 1 aromatic carbocycles. The van der Waals surface area contributed by atoms with Crippen LogP contribution in [-0.4, -0.2) is 37.6 Å². The largest absolute Gasteiger partial charge is 0.466 e. The molecule has 0 spiro atoms. The fourth-order valence-electron chi connectivity index (χ4n) is 7.42. The van der Waals surface area contributed by atoms with Crippen LogP contribution in [0.25, 0.3) is 0 Å². The molecule has 4 aliphatic carbocycles. The van der Waals surface area contributed by atoms with E-state index in [1.807, 2.05) is 41.6 Å². The predicted molar refractivity (Wildman–Crippen MR) is 129 cm³/mol. The van der Waals surface area contributed by atoms with Crippen LogP contribution < -0.4 is 0 Å². The van der Waals surface area contributed by atoms with E-state index in [0.717, 1.165) is 40.8 Å². The van der Waals surface area contributed by atoms with E-state index in [9.17, 15) is 9.59 Å². The Hall–Kier alpha value is -2.08. The lowest BCUT2D eigenvalue weighted by Crippen LogP contribution is -2.47. The average molecular weight is 514 g/mol. The number of hydrogen-bond acceptors (Lipinski definition) is 5. The number of halogens is 1. The SMILES string of the molecule is COC(=O)C1=CN(CCC23CC4CC(CC(C4)C2)C3)C=C(C(=O)OC)C1c1cccc(Br)c1. The monoisotopic (exact) mass is 513 g/mol. The first kappa shape index (κ1) is 22.7. The summed E-state index contributed by atoms with van der Waals surface area (Å²) in [5, 5.41) is 0. The number of hydrogen-bond donors (Lipinski definition) is 0. The molecule has 0 radical (unpaired) electrons. The molecular formula is C27H32BrNO4. The quantitative estimate of drug-likeness (QED) is 0.465. The van der Waals surface area contributed by atoms with Gasteiger partial charge in [-0.15, -0.1) is 0 Å². The molecule has 0 amide bonds. The molecule has 4 saturated carbocycles. The minimum atomic E-state index is -0.529. The van der Waals surface area contributed by atoms with Gasteiger partial charge in [-0.2, -0.15) is 0 Å². The van der Waals surface area contributed by atoms with Crippen LogP contribution in [0.2, 0.25) is 0 Å². The molecule has 0 saturated heterocycles. The lowest BCUT2D eigenvalue weighted by molar-refractivity contribution is -0.137. The molecular weight excluding hydrogens is 482 g/mol. The first-order chi connectivity index (χ1) is 15.9. The zero-order valence-corrected chi connectivity index (χ0v) is 21.0. The highest BCUT2D eigenvalue weighted by molar-refractivity contribution is 9.10. The topological polar surface area (TPSA) is 55.8 Å². The van der Waals surface area contributed by atoms with Gasteiger partial charge in [-0.25, -0.2) is 9.59 Å². The third kappa shape index (κ3) is 4.39. The van der Waals surface area contributed by atoms with Crippen LogP contribution in [0.4, 0.5) is 0 Å². The van der Waals surface area contributed by atoms with Crippen molar-refractivity contribution in [2.24, 2.45) is 23.2 Å². The van der Waals surface area contributed by atoms with Crippen molar-refractivity contribution < 1.29 is 19.1 Å². The maximum atomic E-state index is 12.9. The van der Waals surface area contributed by atoms with Gasteiger partial charge in [0, 0.05) is 23.4 Å². The van der Waals surface area contributed by atoms with Gasteiger partial charge in [0.05, 0.1) is 31.3 Å². The summed E-state index contributed by atoms with van der Waals surface area (Å²) >= 11 is 3.51. The summed E-state index contributed by atoms with van der Waals surface area (Å²) in [5.74, 6) is 1.34. The van der Waals surface area contributed by atoms with Gasteiger partial charge in [0.25, 0.3) is 0 Å². The molecule has 0 atom stereocenters. The van der Waals surface area contributed by atoms with Crippen LogP contribution in [0.15, 0.2) is 52.3 Å². The van der Waals surface area contributed by atoms with E-state index in [1.165, 1.54) is 52.7 Å². The summed E-state index contributed by atoms with van der Waals surface area (Å²) in [4.78, 5) is 27.7. The second-order valence-corrected chi connectivity index (χ2v) is 11.5. The Bertz CT molecular complexity index is 944. The first-order valence-electron chi connectivity index (χ1n) is 12.0. The van der Waals surface area contributed by atoms with E-state index in [0.29, 0.717) is 16.6 Å². The van der Waals surface area contributed by atoms with Crippen LogP contribution in [-0.2, 0) is 19.1 Å². The van der Waals surface area contributed by atoms with Crippen molar-refractivity contribution in [2.45, 2.75) is 50.9 Å². The van der Waals surface area contributed by atoms with Crippen molar-refractivity contribution in [1.29, 1.82) is 0 Å². The third-order valence-corrected chi connectivity index (χ3v) is 8.81. The highest BCUT2D eigenvalue weighted by Crippen LogP contribution is 2.61. The average Bonchev–Trinajstić information content (AvgIpc) is 2.80. The van der Waals surface area contributed by atoms with E-state index < -0.39 is 17.9 Å². The van der Waals surface area contributed by atoms with Gasteiger partial charge in [-0.1, -0.05) is 28.1 Å². The number of ether oxygens (including phenoxy) is 2. The molecule has 0 unspecified atom stereocenters. The van der Waals surface area contributed by atoms with Gasteiger partial charge in [-0.3, -0.25) is 0 Å². The van der Waals surface area contributed by atoms with E-state index >= 15 is 0 Å². The third-order valence-electron chi connectivity index (χ3n) is 8.32. The highest BCUT2D eigenvalue weighted by Gasteiger charge is 2.50. The van der Waals surface area contributed by atoms with Crippen molar-refractivity contribution in [2.75, 3.05) is 20.8 Å². The number of methoxy groups -OCH3 is 2. The fourth-order valence-corrected chi connectivity index (χ4v) is 7.84. The van der Waals surface area contributed by atoms with Crippen molar-refractivity contribution in [3.05, 3.63) is 57.8 Å². The van der Waals surface area contributed by atoms with Gasteiger partial charge < -0.3 is 14.4 Å². The smallest absolute Gasteiger partial charge is 0.336 e. The van der Waals surface area contributed by atoms with Crippen LogP contribution in [0, 0.1) is 23.2 Å². The van der Waals surface area contributed by atoms with Crippen molar-refractivity contribution >= 4 is 27.9 Å². The van der Waals surface area contributed by atoms with Gasteiger partial charge in [0.2, 0.25) is 0 Å². The molecule has 5 aliphatic rings. The fraction of sp³-hybridized carbons (Fsp3) is 0.556. The summed E-state index contributed by atoms with van der Waals surface area (Å²) in [6.45, 7) is 0.790. The molecule has 0 N–H and O–H groups in total. The summed E-state index contributed by atoms with van der Waals surface area (Å²) in [7, 11) is 2.77. The minimum absolute atomic E-state index is 0.422. The number of esters is 2. The summed E-state index contributed by atoms with van der Waals surface area (Å²) in [6, 6.07) is 7.69. The summed E-state index contributed by atoms with van der Waals surface area (Å²) < 4.78 is 11.2. The Labute approximate surface area is 204 Å². The number of carbonyl (C=O) groups is 2. The number of carbonyl (C=O) groups excluding carboxylic acids is 2. The van der Waals surface area contributed by atoms with Crippen LogP contribution in [0.5, 0.6) is 0 Å². The number of nitrogens with zero attached hydrogens (tertiary/aromatic N) is 1. The van der Waals surface area contributed by atoms with E-state index in [4.69, 9.17) is 9.47 Å². The zero-order valence-electron chi connectivity index (χ0n) is 19.4. The molecule has 1 heterocycles. The lowest BCUT2D eigenvalue weighted by atomic mass is 9.49. The molecule has 1 aromatic rings. The summed E-state index contributed by atoms with van der Waals surface area (Å²) in [5.41, 5.74) is 2.19. The molecule has 6 rings (SSSR count). The molecule has 0 aromatic heterocycles. The molecule has 6 heteroatoms. The van der Waals surface area contributed by atoms with Gasteiger partial charge in [0.15, 0.2) is 0 Å². The zero-order chi connectivity index (χ0) is 23.2. The predicted octanol–water partition coefficient (Wildman–Crippen LogP) is 5.57. The van der Waals surface area contributed by atoms with Crippen LogP contribution >= 0.6 is 15.9 Å². The maximum absolute atomic E-state index is 12.9. The Morgan fingerprint density at radius 1 is 0.970 bits per heavy atom. The number of rotatable bonds is 6. The van der Waals surface area contributed by atoms with Gasteiger partial charge in [0.1, 0.15) is 0 Å². The van der Waals surface area contributed by atoms with Crippen LogP contribution in [0.3, 0.4) is 0 Å². The van der Waals surface area contributed by atoms with E-state index in [-0.39, 0.29) is 0 Å². The second-order valence-electron chi connectivity index (χ2n) is 10.5. The molecule has 176 valence electrons. The Kier molecular flexibility index (Phi) is 6.15. The highest BCUT2D eigenvalue weighted by atomic mass is 79.9. The molecule has 4 bridgehead atoms. The van der Waals surface area contributed by atoms with Crippen molar-refractivity contribution in [3.8, 4) is 0 Å². The standard InChI is InChI=1S/C27H32BrNO4/c1-32-25(30)22-15-29(7-6-27-12-17-8-18(13-27)10-19(9-17)14-27)16-23(26(31)33-2)24(22)20-4-3-5-21(28)11-20/h3-5,11,15-19,24H,6-10,12-14H2,1-2H3. The second kappa shape index (κ2) is 8.94. The van der Waals surface area contributed by atoms with Crippen molar-refractivity contribution in [1.82, 2.24) is 4.90 Å². The van der Waals surface area contributed by atoms with Crippen LogP contribution in [0.1, 0.15) is 56.4 Å². The maximum Gasteiger partial charge on any atom is 0.336 e. The Balaban J connectivity index is 1.44. The molecule has 33 heavy (non-hydrogen) atoms. The molecule has 4 fully saturated rings. The van der Waals surface area contributed by atoms with E-state index in [2.05, 4.69) is 15.9 Å². The van der Waals surface area contributed by atoms with E-state index in [1.54, 1.807) is 0 Å². The summed E-state index contributed by atoms with van der Waals surface area (Å²) in [6.07, 6.45) is 13.2. The lowest BCUT2D eigenvalue weighted by Gasteiger charge is -2.57. The minimum Gasteiger partial charge on any atom is -0.466 e. The normalized spacial score (nSPS) is 30.6. The Morgan fingerprint density at radius 2 is 1.52 bits per heavy atom. The Morgan fingerprint density at radius 3 is 2.00 bits per heavy atom. The first-order valence-corrected chi connectivity index (χ1v) is 12.8.